The molecule has 1 aliphatic heterocycles. The lowest BCUT2D eigenvalue weighted by Gasteiger charge is -2.32. The van der Waals surface area contributed by atoms with Crippen LogP contribution < -0.4 is 0 Å². The Balaban J connectivity index is 1.50. The molecule has 0 amide bonds. The minimum atomic E-state index is 0.771. The monoisotopic (exact) mass is 289 g/mol. The van der Waals surface area contributed by atoms with E-state index in [1.54, 1.807) is 0 Å². The molecule has 0 spiro atoms. The van der Waals surface area contributed by atoms with Crippen molar-refractivity contribution in [3.8, 4) is 0 Å². The van der Waals surface area contributed by atoms with Crippen LogP contribution in [0.3, 0.4) is 0 Å². The van der Waals surface area contributed by atoms with Crippen LogP contribution in [0, 0.1) is 5.92 Å². The SMILES string of the molecule is Cn1ccnc1CC1CCCN(CCc2cccs2)C1. The Kier molecular flexibility index (Phi) is 4.53. The van der Waals surface area contributed by atoms with Gasteiger partial charge in [0.15, 0.2) is 0 Å². The quantitative estimate of drug-likeness (QED) is 0.844. The molecule has 4 heteroatoms. The first kappa shape index (κ1) is 13.8. The van der Waals surface area contributed by atoms with Crippen LogP contribution in [-0.4, -0.2) is 34.1 Å². The summed E-state index contributed by atoms with van der Waals surface area (Å²) < 4.78 is 2.16. The van der Waals surface area contributed by atoms with E-state index >= 15 is 0 Å². The van der Waals surface area contributed by atoms with Crippen LogP contribution in [0.4, 0.5) is 0 Å². The zero-order valence-electron chi connectivity index (χ0n) is 12.2. The maximum Gasteiger partial charge on any atom is 0.108 e. The second-order valence-corrected chi connectivity index (χ2v) is 6.83. The van der Waals surface area contributed by atoms with E-state index in [9.17, 15) is 0 Å². The van der Waals surface area contributed by atoms with Crippen molar-refractivity contribution in [3.63, 3.8) is 0 Å². The summed E-state index contributed by atoms with van der Waals surface area (Å²) >= 11 is 1.88. The predicted octanol–water partition coefficient (Wildman–Crippen LogP) is 2.98. The molecular formula is C16H23N3S. The molecule has 1 unspecified atom stereocenters. The molecule has 108 valence electrons. The van der Waals surface area contributed by atoms with Crippen LogP contribution >= 0.6 is 11.3 Å². The van der Waals surface area contributed by atoms with Gasteiger partial charge < -0.3 is 9.47 Å². The number of aromatic nitrogens is 2. The lowest BCUT2D eigenvalue weighted by Crippen LogP contribution is -2.37. The van der Waals surface area contributed by atoms with Crippen molar-refractivity contribution in [3.05, 3.63) is 40.6 Å². The fraction of sp³-hybridized carbons (Fsp3) is 0.562. The molecule has 0 aromatic carbocycles. The molecule has 3 heterocycles. The largest absolute Gasteiger partial charge is 0.338 e. The number of thiophene rings is 1. The van der Waals surface area contributed by atoms with E-state index in [4.69, 9.17) is 0 Å². The van der Waals surface area contributed by atoms with E-state index in [2.05, 4.69) is 39.0 Å². The summed E-state index contributed by atoms with van der Waals surface area (Å²) in [5.41, 5.74) is 0. The Morgan fingerprint density at radius 1 is 1.45 bits per heavy atom. The highest BCUT2D eigenvalue weighted by molar-refractivity contribution is 7.09. The van der Waals surface area contributed by atoms with Crippen LogP contribution in [0.15, 0.2) is 29.9 Å². The number of hydrogen-bond donors (Lipinski definition) is 0. The first-order valence-electron chi connectivity index (χ1n) is 7.52. The van der Waals surface area contributed by atoms with E-state index in [1.165, 1.54) is 49.6 Å². The zero-order chi connectivity index (χ0) is 13.8. The third-order valence-corrected chi connectivity index (χ3v) is 5.19. The van der Waals surface area contributed by atoms with Crippen molar-refractivity contribution in [2.24, 2.45) is 13.0 Å². The van der Waals surface area contributed by atoms with Gasteiger partial charge in [-0.05, 0) is 43.2 Å². The molecule has 2 aromatic heterocycles. The molecule has 0 saturated carbocycles. The molecule has 1 aliphatic rings. The summed E-state index contributed by atoms with van der Waals surface area (Å²) in [6, 6.07) is 4.40. The number of piperidine rings is 1. The van der Waals surface area contributed by atoms with Crippen molar-refractivity contribution in [1.29, 1.82) is 0 Å². The normalized spacial score (nSPS) is 20.4. The minimum absolute atomic E-state index is 0.771. The maximum absolute atomic E-state index is 4.47. The molecule has 3 nitrogen and oxygen atoms in total. The van der Waals surface area contributed by atoms with Gasteiger partial charge in [-0.3, -0.25) is 0 Å². The van der Waals surface area contributed by atoms with Crippen LogP contribution in [0.25, 0.3) is 0 Å². The van der Waals surface area contributed by atoms with Crippen LogP contribution in [-0.2, 0) is 19.9 Å². The van der Waals surface area contributed by atoms with Gasteiger partial charge in [0.1, 0.15) is 5.82 Å². The van der Waals surface area contributed by atoms with Gasteiger partial charge in [-0.2, -0.15) is 0 Å². The van der Waals surface area contributed by atoms with E-state index in [0.717, 1.165) is 12.3 Å². The van der Waals surface area contributed by atoms with Gasteiger partial charge in [-0.25, -0.2) is 4.98 Å². The summed E-state index contributed by atoms with van der Waals surface area (Å²) in [7, 11) is 2.10. The smallest absolute Gasteiger partial charge is 0.108 e. The number of hydrogen-bond acceptors (Lipinski definition) is 3. The Labute approximate surface area is 125 Å². The Bertz CT molecular complexity index is 518. The van der Waals surface area contributed by atoms with Gasteiger partial charge in [0.2, 0.25) is 0 Å². The highest BCUT2D eigenvalue weighted by atomic mass is 32.1. The highest BCUT2D eigenvalue weighted by Crippen LogP contribution is 2.21. The van der Waals surface area contributed by atoms with Crippen molar-refractivity contribution in [2.45, 2.75) is 25.7 Å². The lowest BCUT2D eigenvalue weighted by atomic mass is 9.94. The average Bonchev–Trinajstić information content (AvgIpc) is 3.10. The first-order chi connectivity index (χ1) is 9.81. The van der Waals surface area contributed by atoms with Gasteiger partial charge in [0, 0.05) is 43.8 Å². The predicted molar refractivity (Wildman–Crippen MR) is 84.1 cm³/mol. The molecule has 1 saturated heterocycles. The van der Waals surface area contributed by atoms with Crippen LogP contribution in [0.1, 0.15) is 23.5 Å². The van der Waals surface area contributed by atoms with Gasteiger partial charge in [0.25, 0.3) is 0 Å². The Hall–Kier alpha value is -1.13. The molecule has 20 heavy (non-hydrogen) atoms. The fourth-order valence-electron chi connectivity index (χ4n) is 3.10. The Morgan fingerprint density at radius 3 is 3.15 bits per heavy atom. The van der Waals surface area contributed by atoms with Crippen molar-refractivity contribution >= 4 is 11.3 Å². The zero-order valence-corrected chi connectivity index (χ0v) is 13.0. The van der Waals surface area contributed by atoms with Gasteiger partial charge in [-0.15, -0.1) is 11.3 Å². The first-order valence-corrected chi connectivity index (χ1v) is 8.40. The number of imidazole rings is 1. The van der Waals surface area contributed by atoms with Crippen molar-refractivity contribution < 1.29 is 0 Å². The summed E-state index contributed by atoms with van der Waals surface area (Å²) in [6.45, 7) is 3.71. The summed E-state index contributed by atoms with van der Waals surface area (Å²) in [6.07, 6.45) is 8.97. The average molecular weight is 289 g/mol. The fourth-order valence-corrected chi connectivity index (χ4v) is 3.79. The summed E-state index contributed by atoms with van der Waals surface area (Å²) in [4.78, 5) is 8.61. The maximum atomic E-state index is 4.47. The number of aryl methyl sites for hydroxylation is 1. The number of nitrogens with zero attached hydrogens (tertiary/aromatic N) is 3. The van der Waals surface area contributed by atoms with Crippen molar-refractivity contribution in [2.75, 3.05) is 19.6 Å². The van der Waals surface area contributed by atoms with Crippen molar-refractivity contribution in [1.82, 2.24) is 14.5 Å². The van der Waals surface area contributed by atoms with E-state index in [-0.39, 0.29) is 0 Å². The van der Waals surface area contributed by atoms with Gasteiger partial charge >= 0.3 is 0 Å². The van der Waals surface area contributed by atoms with Gasteiger partial charge in [-0.1, -0.05) is 6.07 Å². The van der Waals surface area contributed by atoms with E-state index in [1.807, 2.05) is 23.7 Å². The molecule has 1 atom stereocenters. The molecule has 3 rings (SSSR count). The highest BCUT2D eigenvalue weighted by Gasteiger charge is 2.21. The third kappa shape index (κ3) is 3.49. The van der Waals surface area contributed by atoms with Crippen LogP contribution in [0.2, 0.25) is 0 Å². The molecule has 0 bridgehead atoms. The molecule has 0 radical (unpaired) electrons. The number of rotatable bonds is 5. The third-order valence-electron chi connectivity index (χ3n) is 4.25. The molecule has 0 N–H and O–H groups in total. The van der Waals surface area contributed by atoms with Gasteiger partial charge in [0.05, 0.1) is 0 Å². The number of likely N-dealkylation sites (tertiary alicyclic amines) is 1. The van der Waals surface area contributed by atoms with E-state index < -0.39 is 0 Å². The van der Waals surface area contributed by atoms with Crippen LogP contribution in [0.5, 0.6) is 0 Å². The summed E-state index contributed by atoms with van der Waals surface area (Å²) in [5.74, 6) is 2.00. The topological polar surface area (TPSA) is 21.1 Å². The standard InChI is InChI=1S/C16H23N3S/c1-18-10-7-17-16(18)12-14-4-2-8-19(13-14)9-6-15-5-3-11-20-15/h3,5,7,10-11,14H,2,4,6,8-9,12-13H2,1H3. The van der Waals surface area contributed by atoms with E-state index in [0.29, 0.717) is 0 Å². The Morgan fingerprint density at radius 2 is 2.40 bits per heavy atom. The minimum Gasteiger partial charge on any atom is -0.338 e. The summed E-state index contributed by atoms with van der Waals surface area (Å²) in [5, 5.41) is 2.18. The molecule has 0 aliphatic carbocycles. The second-order valence-electron chi connectivity index (χ2n) is 5.80. The molecule has 2 aromatic rings. The second kappa shape index (κ2) is 6.55. The molecule has 1 fully saturated rings. The molecular weight excluding hydrogens is 266 g/mol. The lowest BCUT2D eigenvalue weighted by molar-refractivity contribution is 0.174.